The van der Waals surface area contributed by atoms with Gasteiger partial charge in [-0.25, -0.2) is 0 Å². The van der Waals surface area contributed by atoms with E-state index in [-0.39, 0.29) is 5.97 Å². The third-order valence-electron chi connectivity index (χ3n) is 3.22. The predicted octanol–water partition coefficient (Wildman–Crippen LogP) is 2.66. The summed E-state index contributed by atoms with van der Waals surface area (Å²) in [4.78, 5) is 15.3. The van der Waals surface area contributed by atoms with Crippen LogP contribution in [-0.4, -0.2) is 22.7 Å². The van der Waals surface area contributed by atoms with Crippen molar-refractivity contribution >= 4 is 5.97 Å². The molecule has 0 spiro atoms. The molecule has 2 aromatic rings. The summed E-state index contributed by atoms with van der Waals surface area (Å²) in [6.07, 6.45) is 3.66. The Labute approximate surface area is 124 Å². The number of aliphatic hydroxyl groups is 1. The lowest BCUT2D eigenvalue weighted by molar-refractivity contribution is -0.143. The van der Waals surface area contributed by atoms with Crippen LogP contribution in [0.5, 0.6) is 0 Å². The Morgan fingerprint density at radius 1 is 1.24 bits per heavy atom. The van der Waals surface area contributed by atoms with E-state index in [1.54, 1.807) is 25.4 Å². The molecule has 2 rings (SSSR count). The molecular formula is C17H19NO3. The maximum absolute atomic E-state index is 11.3. The van der Waals surface area contributed by atoms with E-state index in [9.17, 15) is 9.90 Å². The number of carbonyl (C=O) groups excluding carboxylic acids is 1. The Morgan fingerprint density at radius 3 is 2.62 bits per heavy atom. The third-order valence-corrected chi connectivity index (χ3v) is 3.22. The van der Waals surface area contributed by atoms with Crippen molar-refractivity contribution < 1.29 is 14.6 Å². The first-order chi connectivity index (χ1) is 10.2. The first kappa shape index (κ1) is 15.2. The minimum Gasteiger partial charge on any atom is -0.466 e. The highest BCUT2D eigenvalue weighted by Crippen LogP contribution is 2.21. The molecule has 21 heavy (non-hydrogen) atoms. The number of benzene rings is 1. The summed E-state index contributed by atoms with van der Waals surface area (Å²) in [5.74, 6) is -0.183. The number of hydrogen-bond acceptors (Lipinski definition) is 4. The van der Waals surface area contributed by atoms with Gasteiger partial charge in [-0.05, 0) is 30.5 Å². The zero-order valence-corrected chi connectivity index (χ0v) is 12.0. The second-order valence-electron chi connectivity index (χ2n) is 4.74. The molecule has 110 valence electrons. The molecule has 0 bridgehead atoms. The molecule has 1 aromatic heterocycles. The van der Waals surface area contributed by atoms with Crippen LogP contribution in [0.1, 0.15) is 36.1 Å². The summed E-state index contributed by atoms with van der Waals surface area (Å²) in [6.45, 7) is 2.21. The summed E-state index contributed by atoms with van der Waals surface area (Å²) in [5.41, 5.74) is 2.62. The number of nitrogens with zero attached hydrogens (tertiary/aromatic N) is 1. The van der Waals surface area contributed by atoms with Crippen LogP contribution < -0.4 is 0 Å². The fraction of sp³-hybridized carbons (Fsp3) is 0.294. The number of pyridine rings is 1. The number of rotatable bonds is 6. The molecule has 0 saturated carbocycles. The van der Waals surface area contributed by atoms with Gasteiger partial charge in [0.1, 0.15) is 6.10 Å². The summed E-state index contributed by atoms with van der Waals surface area (Å²) in [5, 5.41) is 10.3. The van der Waals surface area contributed by atoms with Crippen molar-refractivity contribution in [1.29, 1.82) is 0 Å². The number of esters is 1. The van der Waals surface area contributed by atoms with E-state index in [0.29, 0.717) is 19.4 Å². The van der Waals surface area contributed by atoms with E-state index in [2.05, 4.69) is 4.98 Å². The van der Waals surface area contributed by atoms with Crippen LogP contribution in [0.4, 0.5) is 0 Å². The number of ether oxygens (including phenoxy) is 1. The first-order valence-corrected chi connectivity index (χ1v) is 7.03. The molecule has 1 N–H and O–H groups in total. The number of aromatic nitrogens is 1. The Bertz CT molecular complexity index is 566. The standard InChI is InChI=1S/C17H19NO3/c1-2-21-16(19)10-7-13-5-8-14(9-6-13)17(20)15-4-3-11-18-12-15/h3-6,8-9,11-12,17,20H,2,7,10H2,1H3. The van der Waals surface area contributed by atoms with Crippen LogP contribution in [0, 0.1) is 0 Å². The monoisotopic (exact) mass is 285 g/mol. The maximum Gasteiger partial charge on any atom is 0.306 e. The summed E-state index contributed by atoms with van der Waals surface area (Å²) < 4.78 is 4.90. The van der Waals surface area contributed by atoms with E-state index in [1.165, 1.54) is 0 Å². The van der Waals surface area contributed by atoms with E-state index < -0.39 is 6.10 Å². The predicted molar refractivity (Wildman–Crippen MR) is 79.7 cm³/mol. The minimum absolute atomic E-state index is 0.183. The Kier molecular flexibility index (Phi) is 5.46. The highest BCUT2D eigenvalue weighted by molar-refractivity contribution is 5.69. The summed E-state index contributed by atoms with van der Waals surface area (Å²) >= 11 is 0. The molecule has 0 aliphatic heterocycles. The van der Waals surface area contributed by atoms with Gasteiger partial charge < -0.3 is 9.84 Å². The van der Waals surface area contributed by atoms with Crippen molar-refractivity contribution in [3.8, 4) is 0 Å². The molecule has 0 aliphatic carbocycles. The molecule has 1 atom stereocenters. The molecule has 0 radical (unpaired) electrons. The first-order valence-electron chi connectivity index (χ1n) is 7.03. The molecule has 0 aliphatic rings. The fourth-order valence-corrected chi connectivity index (χ4v) is 2.08. The lowest BCUT2D eigenvalue weighted by atomic mass is 10.0. The van der Waals surface area contributed by atoms with Crippen molar-refractivity contribution in [2.45, 2.75) is 25.9 Å². The zero-order valence-electron chi connectivity index (χ0n) is 12.0. The van der Waals surface area contributed by atoms with Crippen molar-refractivity contribution in [3.05, 3.63) is 65.5 Å². The highest BCUT2D eigenvalue weighted by Gasteiger charge is 2.10. The van der Waals surface area contributed by atoms with E-state index in [0.717, 1.165) is 16.7 Å². The van der Waals surface area contributed by atoms with Crippen molar-refractivity contribution in [2.24, 2.45) is 0 Å². The van der Waals surface area contributed by atoms with Crippen LogP contribution in [0.15, 0.2) is 48.8 Å². The molecule has 1 aromatic carbocycles. The molecule has 0 fully saturated rings. The van der Waals surface area contributed by atoms with Crippen LogP contribution in [0.3, 0.4) is 0 Å². The van der Waals surface area contributed by atoms with Gasteiger partial charge in [0, 0.05) is 24.4 Å². The zero-order chi connectivity index (χ0) is 15.1. The van der Waals surface area contributed by atoms with Gasteiger partial charge in [-0.15, -0.1) is 0 Å². The number of aryl methyl sites for hydroxylation is 1. The maximum atomic E-state index is 11.3. The Hall–Kier alpha value is -2.20. The summed E-state index contributed by atoms with van der Waals surface area (Å²) in [6, 6.07) is 11.2. The third kappa shape index (κ3) is 4.39. The van der Waals surface area contributed by atoms with Gasteiger partial charge in [-0.3, -0.25) is 9.78 Å². The minimum atomic E-state index is -0.683. The lowest BCUT2D eigenvalue weighted by Gasteiger charge is -2.11. The van der Waals surface area contributed by atoms with E-state index in [4.69, 9.17) is 4.74 Å². The second kappa shape index (κ2) is 7.55. The van der Waals surface area contributed by atoms with Gasteiger partial charge in [-0.1, -0.05) is 30.3 Å². The van der Waals surface area contributed by atoms with E-state index in [1.807, 2.05) is 30.3 Å². The average molecular weight is 285 g/mol. The quantitative estimate of drug-likeness (QED) is 0.829. The van der Waals surface area contributed by atoms with Crippen molar-refractivity contribution in [2.75, 3.05) is 6.61 Å². The summed E-state index contributed by atoms with van der Waals surface area (Å²) in [7, 11) is 0. The van der Waals surface area contributed by atoms with Gasteiger partial charge in [0.05, 0.1) is 6.61 Å². The SMILES string of the molecule is CCOC(=O)CCc1ccc(C(O)c2cccnc2)cc1. The number of hydrogen-bond donors (Lipinski definition) is 1. The van der Waals surface area contributed by atoms with Gasteiger partial charge in [0.2, 0.25) is 0 Å². The topological polar surface area (TPSA) is 59.4 Å². The van der Waals surface area contributed by atoms with Crippen LogP contribution >= 0.6 is 0 Å². The van der Waals surface area contributed by atoms with Gasteiger partial charge in [0.25, 0.3) is 0 Å². The molecule has 4 nitrogen and oxygen atoms in total. The van der Waals surface area contributed by atoms with E-state index >= 15 is 0 Å². The molecular weight excluding hydrogens is 266 g/mol. The highest BCUT2D eigenvalue weighted by atomic mass is 16.5. The van der Waals surface area contributed by atoms with Gasteiger partial charge in [-0.2, -0.15) is 0 Å². The second-order valence-corrected chi connectivity index (χ2v) is 4.74. The van der Waals surface area contributed by atoms with Gasteiger partial charge >= 0.3 is 5.97 Å². The normalized spacial score (nSPS) is 11.9. The Balaban J connectivity index is 1.97. The van der Waals surface area contributed by atoms with Crippen LogP contribution in [0.2, 0.25) is 0 Å². The molecule has 1 heterocycles. The number of carbonyl (C=O) groups is 1. The molecule has 1 unspecified atom stereocenters. The molecule has 0 saturated heterocycles. The lowest BCUT2D eigenvalue weighted by Crippen LogP contribution is -2.05. The van der Waals surface area contributed by atoms with Gasteiger partial charge in [0.15, 0.2) is 0 Å². The van der Waals surface area contributed by atoms with Crippen LogP contribution in [-0.2, 0) is 16.0 Å². The smallest absolute Gasteiger partial charge is 0.306 e. The Morgan fingerprint density at radius 2 is 2.00 bits per heavy atom. The number of aliphatic hydroxyl groups excluding tert-OH is 1. The molecule has 4 heteroatoms. The average Bonchev–Trinajstić information content (AvgIpc) is 2.54. The fourth-order valence-electron chi connectivity index (χ4n) is 2.08. The van der Waals surface area contributed by atoms with Crippen LogP contribution in [0.25, 0.3) is 0 Å². The largest absolute Gasteiger partial charge is 0.466 e. The van der Waals surface area contributed by atoms with Crippen molar-refractivity contribution in [3.63, 3.8) is 0 Å². The molecule has 0 amide bonds. The van der Waals surface area contributed by atoms with Crippen molar-refractivity contribution in [1.82, 2.24) is 4.98 Å².